The fourth-order valence-electron chi connectivity index (χ4n) is 1.72. The van der Waals surface area contributed by atoms with E-state index >= 15 is 0 Å². The van der Waals surface area contributed by atoms with Crippen LogP contribution in [0, 0.1) is 6.92 Å². The molecule has 98 valence electrons. The first kappa shape index (κ1) is 13.5. The van der Waals surface area contributed by atoms with Gasteiger partial charge in [-0.15, -0.1) is 0 Å². The van der Waals surface area contributed by atoms with E-state index in [0.717, 1.165) is 15.7 Å². The summed E-state index contributed by atoms with van der Waals surface area (Å²) in [5.41, 5.74) is 2.61. The molecule has 0 aliphatic heterocycles. The molecule has 1 aromatic carbocycles. The second kappa shape index (κ2) is 5.84. The molecule has 1 aromatic heterocycles. The summed E-state index contributed by atoms with van der Waals surface area (Å²) in [6.45, 7) is 2.39. The monoisotopic (exact) mass is 320 g/mol. The van der Waals surface area contributed by atoms with Gasteiger partial charge >= 0.3 is 5.97 Å². The summed E-state index contributed by atoms with van der Waals surface area (Å²) < 4.78 is 0.996. The van der Waals surface area contributed by atoms with Gasteiger partial charge in [-0.3, -0.25) is 4.98 Å². The van der Waals surface area contributed by atoms with Crippen molar-refractivity contribution >= 4 is 27.6 Å². The van der Waals surface area contributed by atoms with Crippen LogP contribution in [0.1, 0.15) is 21.6 Å². The zero-order valence-electron chi connectivity index (χ0n) is 10.4. The number of rotatable bonds is 4. The number of benzene rings is 1. The number of carboxylic acid groups (broad SMARTS) is 1. The van der Waals surface area contributed by atoms with Crippen LogP contribution in [0.3, 0.4) is 0 Å². The predicted octanol–water partition coefficient (Wildman–Crippen LogP) is 3.46. The van der Waals surface area contributed by atoms with Gasteiger partial charge in [-0.25, -0.2) is 4.79 Å². The maximum absolute atomic E-state index is 11.1. The number of aromatic nitrogens is 1. The summed E-state index contributed by atoms with van der Waals surface area (Å²) >= 11 is 3.41. The maximum Gasteiger partial charge on any atom is 0.339 e. The van der Waals surface area contributed by atoms with Crippen molar-refractivity contribution in [1.82, 2.24) is 4.98 Å². The van der Waals surface area contributed by atoms with Crippen molar-refractivity contribution in [3.8, 4) is 0 Å². The molecular weight excluding hydrogens is 308 g/mol. The summed E-state index contributed by atoms with van der Waals surface area (Å²) in [6, 6.07) is 9.59. The van der Waals surface area contributed by atoms with Crippen LogP contribution in [0.15, 0.2) is 41.0 Å². The molecular formula is C14H13BrN2O2. The minimum Gasteiger partial charge on any atom is -0.478 e. The summed E-state index contributed by atoms with van der Waals surface area (Å²) in [4.78, 5) is 15.1. The third kappa shape index (κ3) is 3.54. The maximum atomic E-state index is 11.1. The van der Waals surface area contributed by atoms with E-state index in [2.05, 4.69) is 26.2 Å². The molecule has 2 N–H and O–H groups in total. The van der Waals surface area contributed by atoms with E-state index in [1.165, 1.54) is 6.20 Å². The number of aryl methyl sites for hydroxylation is 1. The molecule has 19 heavy (non-hydrogen) atoms. The summed E-state index contributed by atoms with van der Waals surface area (Å²) in [5, 5.41) is 12.2. The highest BCUT2D eigenvalue weighted by atomic mass is 79.9. The number of nitrogens with zero attached hydrogens (tertiary/aromatic N) is 1. The van der Waals surface area contributed by atoms with E-state index in [9.17, 15) is 4.79 Å². The molecule has 0 atom stereocenters. The Bertz CT molecular complexity index is 614. The van der Waals surface area contributed by atoms with Crippen molar-refractivity contribution < 1.29 is 9.90 Å². The second-order valence-corrected chi connectivity index (χ2v) is 5.08. The number of carbonyl (C=O) groups is 1. The minimum absolute atomic E-state index is 0.181. The van der Waals surface area contributed by atoms with E-state index in [-0.39, 0.29) is 5.56 Å². The lowest BCUT2D eigenvalue weighted by molar-refractivity contribution is 0.0697. The van der Waals surface area contributed by atoms with Gasteiger partial charge in [0.25, 0.3) is 0 Å². The molecule has 0 spiro atoms. The molecule has 0 aliphatic rings. The standard InChI is InChI=1S/C14H13BrN2O2/c1-9-5-13(12(8-16-9)14(18)19)17-7-10-3-2-4-11(15)6-10/h2-6,8H,7H2,1H3,(H,16,17)(H,18,19). The van der Waals surface area contributed by atoms with Gasteiger partial charge in [0.2, 0.25) is 0 Å². The molecule has 0 saturated carbocycles. The van der Waals surface area contributed by atoms with Gasteiger partial charge in [-0.05, 0) is 30.7 Å². The normalized spacial score (nSPS) is 10.2. The first-order chi connectivity index (χ1) is 9.06. The summed E-state index contributed by atoms with van der Waals surface area (Å²) in [7, 11) is 0. The molecule has 0 unspecified atom stereocenters. The minimum atomic E-state index is -0.982. The second-order valence-electron chi connectivity index (χ2n) is 4.16. The molecule has 0 aliphatic carbocycles. The number of nitrogens with one attached hydrogen (secondary N) is 1. The van der Waals surface area contributed by atoms with E-state index in [1.807, 2.05) is 31.2 Å². The van der Waals surface area contributed by atoms with Gasteiger partial charge in [0.05, 0.1) is 5.69 Å². The average Bonchev–Trinajstić information content (AvgIpc) is 2.36. The van der Waals surface area contributed by atoms with Crippen LogP contribution in [-0.4, -0.2) is 16.1 Å². The zero-order chi connectivity index (χ0) is 13.8. The first-order valence-corrected chi connectivity index (χ1v) is 6.54. The highest BCUT2D eigenvalue weighted by molar-refractivity contribution is 9.10. The fourth-order valence-corrected chi connectivity index (χ4v) is 2.17. The fraction of sp³-hybridized carbons (Fsp3) is 0.143. The van der Waals surface area contributed by atoms with Gasteiger partial charge in [0.1, 0.15) is 5.56 Å². The third-order valence-corrected chi connectivity index (χ3v) is 3.14. The Labute approximate surface area is 119 Å². The molecule has 0 fully saturated rings. The zero-order valence-corrected chi connectivity index (χ0v) is 11.9. The number of hydrogen-bond acceptors (Lipinski definition) is 3. The number of hydrogen-bond donors (Lipinski definition) is 2. The molecule has 0 saturated heterocycles. The van der Waals surface area contributed by atoms with E-state index in [4.69, 9.17) is 5.11 Å². The largest absolute Gasteiger partial charge is 0.478 e. The molecule has 4 nitrogen and oxygen atoms in total. The lowest BCUT2D eigenvalue weighted by atomic mass is 10.2. The highest BCUT2D eigenvalue weighted by Crippen LogP contribution is 2.18. The summed E-state index contributed by atoms with van der Waals surface area (Å²) in [6.07, 6.45) is 1.38. The highest BCUT2D eigenvalue weighted by Gasteiger charge is 2.10. The Kier molecular flexibility index (Phi) is 4.16. The van der Waals surface area contributed by atoms with Crippen molar-refractivity contribution in [2.75, 3.05) is 5.32 Å². The van der Waals surface area contributed by atoms with Gasteiger partial charge in [0, 0.05) is 22.9 Å². The third-order valence-electron chi connectivity index (χ3n) is 2.64. The van der Waals surface area contributed by atoms with Gasteiger partial charge in [-0.2, -0.15) is 0 Å². The summed E-state index contributed by atoms with van der Waals surface area (Å²) in [5.74, 6) is -0.982. The number of halogens is 1. The molecule has 5 heteroatoms. The predicted molar refractivity (Wildman–Crippen MR) is 77.4 cm³/mol. The van der Waals surface area contributed by atoms with Gasteiger partial charge < -0.3 is 10.4 Å². The number of pyridine rings is 1. The molecule has 1 heterocycles. The van der Waals surface area contributed by atoms with Crippen molar-refractivity contribution in [3.05, 3.63) is 57.8 Å². The van der Waals surface area contributed by atoms with Crippen LogP contribution in [0.5, 0.6) is 0 Å². The number of carboxylic acids is 1. The Morgan fingerprint density at radius 3 is 2.89 bits per heavy atom. The van der Waals surface area contributed by atoms with E-state index in [0.29, 0.717) is 12.2 Å². The van der Waals surface area contributed by atoms with Crippen molar-refractivity contribution in [3.63, 3.8) is 0 Å². The topological polar surface area (TPSA) is 62.2 Å². The van der Waals surface area contributed by atoms with Crippen molar-refractivity contribution in [2.45, 2.75) is 13.5 Å². The molecule has 2 aromatic rings. The van der Waals surface area contributed by atoms with Crippen molar-refractivity contribution in [1.29, 1.82) is 0 Å². The number of anilines is 1. The average molecular weight is 321 g/mol. The SMILES string of the molecule is Cc1cc(NCc2cccc(Br)c2)c(C(=O)O)cn1. The lowest BCUT2D eigenvalue weighted by Gasteiger charge is -2.10. The molecule has 0 radical (unpaired) electrons. The van der Waals surface area contributed by atoms with Crippen LogP contribution in [0.4, 0.5) is 5.69 Å². The van der Waals surface area contributed by atoms with Crippen LogP contribution >= 0.6 is 15.9 Å². The molecule has 0 bridgehead atoms. The van der Waals surface area contributed by atoms with Gasteiger partial charge in [0.15, 0.2) is 0 Å². The van der Waals surface area contributed by atoms with E-state index in [1.54, 1.807) is 6.07 Å². The van der Waals surface area contributed by atoms with Crippen LogP contribution < -0.4 is 5.32 Å². The Hall–Kier alpha value is -1.88. The van der Waals surface area contributed by atoms with Crippen LogP contribution in [0.25, 0.3) is 0 Å². The first-order valence-electron chi connectivity index (χ1n) is 5.74. The Morgan fingerprint density at radius 2 is 2.21 bits per heavy atom. The van der Waals surface area contributed by atoms with Crippen LogP contribution in [-0.2, 0) is 6.54 Å². The van der Waals surface area contributed by atoms with E-state index < -0.39 is 5.97 Å². The molecule has 2 rings (SSSR count). The lowest BCUT2D eigenvalue weighted by Crippen LogP contribution is -2.07. The van der Waals surface area contributed by atoms with Gasteiger partial charge in [-0.1, -0.05) is 28.1 Å². The Balaban J connectivity index is 2.19. The number of aromatic carboxylic acids is 1. The smallest absolute Gasteiger partial charge is 0.339 e. The Morgan fingerprint density at radius 1 is 1.42 bits per heavy atom. The van der Waals surface area contributed by atoms with Crippen molar-refractivity contribution in [2.24, 2.45) is 0 Å². The molecule has 0 amide bonds. The van der Waals surface area contributed by atoms with Crippen LogP contribution in [0.2, 0.25) is 0 Å². The quantitative estimate of drug-likeness (QED) is 0.905.